The van der Waals surface area contributed by atoms with Crippen LogP contribution in [-0.2, 0) is 0 Å². The zero-order chi connectivity index (χ0) is 23.4. The normalized spacial score (nSPS) is 14.0. The summed E-state index contributed by atoms with van der Waals surface area (Å²) in [6.07, 6.45) is 1.45. The summed E-state index contributed by atoms with van der Waals surface area (Å²) in [6, 6.07) is 22.4. The second-order valence-electron chi connectivity index (χ2n) is 7.03. The van der Waals surface area contributed by atoms with E-state index in [1.165, 1.54) is 29.7 Å². The molecule has 1 aliphatic rings. The smallest absolute Gasteiger partial charge is 0.219 e. The molecule has 0 aliphatic heterocycles. The van der Waals surface area contributed by atoms with Gasteiger partial charge in [-0.2, -0.15) is 15.6 Å². The number of rotatable bonds is 5. The van der Waals surface area contributed by atoms with Crippen LogP contribution in [0.5, 0.6) is 0 Å². The first kappa shape index (κ1) is 22.0. The van der Waals surface area contributed by atoms with Crippen LogP contribution in [0.25, 0.3) is 0 Å². The third kappa shape index (κ3) is 3.70. The van der Waals surface area contributed by atoms with Gasteiger partial charge in [-0.3, -0.25) is 9.59 Å². The number of benzene rings is 2. The lowest BCUT2D eigenvalue weighted by molar-refractivity contribution is 0.0597. The van der Waals surface area contributed by atoms with Crippen LogP contribution >= 0.6 is 23.6 Å². The number of hydrazone groups is 1. The summed E-state index contributed by atoms with van der Waals surface area (Å²) < 4.78 is 0. The number of Topliss-reactive ketones (excluding diaryl/α,β-unsaturated/α-hetero) is 2. The highest BCUT2D eigenvalue weighted by atomic mass is 32.1. The van der Waals surface area contributed by atoms with Crippen molar-refractivity contribution in [2.75, 3.05) is 5.32 Å². The Morgan fingerprint density at radius 1 is 1.00 bits per heavy atom. The molecule has 0 bridgehead atoms. The predicted molar refractivity (Wildman–Crippen MR) is 129 cm³/mol. The number of hydrogen-bond acceptors (Lipinski definition) is 7. The monoisotopic (exact) mass is 469 g/mol. The number of nitriles is 2. The number of fused-ring (bicyclic) bond motifs is 1. The number of ketones is 2. The summed E-state index contributed by atoms with van der Waals surface area (Å²) in [5.74, 6) is -3.06. The summed E-state index contributed by atoms with van der Waals surface area (Å²) in [6.45, 7) is 0. The van der Waals surface area contributed by atoms with Crippen LogP contribution in [-0.4, -0.2) is 33.4 Å². The van der Waals surface area contributed by atoms with Crippen LogP contribution in [0.3, 0.4) is 0 Å². The molecule has 7 nitrogen and oxygen atoms in total. The fourth-order valence-electron chi connectivity index (χ4n) is 3.67. The molecule has 1 aromatic heterocycles. The number of nitrogens with zero attached hydrogens (tertiary/aromatic N) is 4. The first-order valence-electron chi connectivity index (χ1n) is 9.75. The molecule has 1 aliphatic carbocycles. The van der Waals surface area contributed by atoms with Crippen LogP contribution in [0.1, 0.15) is 25.6 Å². The van der Waals surface area contributed by atoms with E-state index in [9.17, 15) is 20.1 Å². The summed E-state index contributed by atoms with van der Waals surface area (Å²) in [7, 11) is 0. The maximum atomic E-state index is 13.7. The van der Waals surface area contributed by atoms with Crippen molar-refractivity contribution >= 4 is 52.1 Å². The maximum Gasteiger partial charge on any atom is 0.219 e. The number of para-hydroxylation sites is 1. The Morgan fingerprint density at radius 2 is 1.61 bits per heavy atom. The van der Waals surface area contributed by atoms with Crippen molar-refractivity contribution in [2.24, 2.45) is 11.0 Å². The molecule has 4 rings (SSSR count). The lowest BCUT2D eigenvalue weighted by Crippen LogP contribution is -2.62. The second kappa shape index (κ2) is 9.13. The molecule has 1 N–H and O–H groups in total. The SMILES string of the molecule is N#CC(C#N)C1(N(/N=C/c2cccs2)C(=S)Nc2ccccc2)C(=O)c2ccccc2C1=O. The van der Waals surface area contributed by atoms with Crippen LogP contribution in [0.2, 0.25) is 0 Å². The summed E-state index contributed by atoms with van der Waals surface area (Å²) in [5.41, 5.74) is -1.43. The molecule has 0 saturated carbocycles. The van der Waals surface area contributed by atoms with Crippen molar-refractivity contribution in [3.8, 4) is 12.1 Å². The van der Waals surface area contributed by atoms with E-state index in [0.717, 1.165) is 9.89 Å². The van der Waals surface area contributed by atoms with Crippen LogP contribution in [0.4, 0.5) is 5.69 Å². The van der Waals surface area contributed by atoms with Gasteiger partial charge in [0.2, 0.25) is 17.1 Å². The largest absolute Gasteiger partial charge is 0.331 e. The highest BCUT2D eigenvalue weighted by molar-refractivity contribution is 7.80. The van der Waals surface area contributed by atoms with Gasteiger partial charge in [0.1, 0.15) is 0 Å². The highest BCUT2D eigenvalue weighted by Gasteiger charge is 2.63. The summed E-state index contributed by atoms with van der Waals surface area (Å²) in [4.78, 5) is 28.2. The number of hydrogen-bond donors (Lipinski definition) is 1. The Morgan fingerprint density at radius 3 is 2.15 bits per heavy atom. The molecule has 0 saturated heterocycles. The van der Waals surface area contributed by atoms with Gasteiger partial charge in [-0.25, -0.2) is 5.01 Å². The minimum Gasteiger partial charge on any atom is -0.331 e. The van der Waals surface area contributed by atoms with Gasteiger partial charge in [-0.1, -0.05) is 48.5 Å². The van der Waals surface area contributed by atoms with E-state index in [-0.39, 0.29) is 16.2 Å². The molecule has 2 aromatic carbocycles. The Bertz CT molecular complexity index is 1290. The van der Waals surface area contributed by atoms with Gasteiger partial charge >= 0.3 is 0 Å². The lowest BCUT2D eigenvalue weighted by atomic mass is 9.80. The fourth-order valence-corrected chi connectivity index (χ4v) is 4.55. The number of nitrogens with one attached hydrogen (secondary N) is 1. The van der Waals surface area contributed by atoms with Gasteiger partial charge in [0.15, 0.2) is 11.0 Å². The molecule has 33 heavy (non-hydrogen) atoms. The first-order valence-corrected chi connectivity index (χ1v) is 11.0. The van der Waals surface area contributed by atoms with E-state index in [1.807, 2.05) is 29.7 Å². The summed E-state index contributed by atoms with van der Waals surface area (Å²) >= 11 is 6.97. The lowest BCUT2D eigenvalue weighted by Gasteiger charge is -2.36. The maximum absolute atomic E-state index is 13.7. The average Bonchev–Trinajstić information content (AvgIpc) is 3.43. The van der Waals surface area contributed by atoms with Crippen LogP contribution in [0, 0.1) is 28.6 Å². The Labute approximate surface area is 199 Å². The molecule has 0 fully saturated rings. The van der Waals surface area contributed by atoms with Crippen molar-refractivity contribution < 1.29 is 9.59 Å². The van der Waals surface area contributed by atoms with Gasteiger partial charge in [0, 0.05) is 21.7 Å². The summed E-state index contributed by atoms with van der Waals surface area (Å²) in [5, 5.41) is 29.8. The molecular weight excluding hydrogens is 454 g/mol. The van der Waals surface area contributed by atoms with Gasteiger partial charge in [-0.15, -0.1) is 11.3 Å². The Kier molecular flexibility index (Phi) is 6.09. The highest BCUT2D eigenvalue weighted by Crippen LogP contribution is 2.40. The van der Waals surface area contributed by atoms with Gasteiger partial charge < -0.3 is 5.32 Å². The zero-order valence-corrected chi connectivity index (χ0v) is 18.6. The third-order valence-electron chi connectivity index (χ3n) is 5.18. The minimum atomic E-state index is -2.26. The van der Waals surface area contributed by atoms with Gasteiger partial charge in [0.05, 0.1) is 18.4 Å². The van der Waals surface area contributed by atoms with Crippen LogP contribution in [0.15, 0.2) is 77.2 Å². The fraction of sp³-hybridized carbons (Fsp3) is 0.0833. The number of thiocarbonyl (C=S) groups is 1. The Hall–Kier alpha value is -4.18. The topological polar surface area (TPSA) is 109 Å². The van der Waals surface area contributed by atoms with Crippen molar-refractivity contribution in [3.05, 3.63) is 88.1 Å². The Balaban J connectivity index is 1.90. The molecular formula is C24H15N5O2S2. The zero-order valence-electron chi connectivity index (χ0n) is 17.0. The number of thiophene rings is 1. The average molecular weight is 470 g/mol. The van der Waals surface area contributed by atoms with Crippen LogP contribution < -0.4 is 5.32 Å². The molecule has 3 aromatic rings. The quantitative estimate of drug-likeness (QED) is 0.257. The number of carbonyl (C=O) groups is 2. The third-order valence-corrected chi connectivity index (χ3v) is 6.26. The molecule has 0 spiro atoms. The van der Waals surface area contributed by atoms with Gasteiger partial charge in [-0.05, 0) is 35.8 Å². The molecule has 0 radical (unpaired) electrons. The van der Waals surface area contributed by atoms with E-state index >= 15 is 0 Å². The predicted octanol–water partition coefficient (Wildman–Crippen LogP) is 4.26. The van der Waals surface area contributed by atoms with Crippen molar-refractivity contribution in [1.29, 1.82) is 10.5 Å². The van der Waals surface area contributed by atoms with E-state index in [2.05, 4.69) is 10.4 Å². The molecule has 160 valence electrons. The van der Waals surface area contributed by atoms with Crippen molar-refractivity contribution in [3.63, 3.8) is 0 Å². The first-order chi connectivity index (χ1) is 16.0. The number of carbonyl (C=O) groups excluding carboxylic acids is 2. The van der Waals surface area contributed by atoms with Crippen molar-refractivity contribution in [2.45, 2.75) is 5.54 Å². The van der Waals surface area contributed by atoms with E-state index in [1.54, 1.807) is 42.5 Å². The van der Waals surface area contributed by atoms with Crippen molar-refractivity contribution in [1.82, 2.24) is 5.01 Å². The second-order valence-corrected chi connectivity index (χ2v) is 8.40. The van der Waals surface area contributed by atoms with E-state index in [0.29, 0.717) is 5.69 Å². The molecule has 0 amide bonds. The number of anilines is 1. The molecule has 1 heterocycles. The minimum absolute atomic E-state index is 0.0981. The molecule has 0 atom stereocenters. The standard InChI is InChI=1S/C24H15N5O2S2/c25-13-16(14-26)24(21(30)19-10-4-5-11-20(19)22(24)31)29(27-15-18-9-6-12-33-18)23(32)28-17-7-2-1-3-8-17/h1-12,15-16H,(H,28,32)/b27-15+. The molecule has 9 heteroatoms. The molecule has 0 unspecified atom stereocenters. The van der Waals surface area contributed by atoms with E-state index < -0.39 is 23.0 Å². The van der Waals surface area contributed by atoms with E-state index in [4.69, 9.17) is 12.2 Å². The van der Waals surface area contributed by atoms with Gasteiger partial charge in [0.25, 0.3) is 0 Å².